The summed E-state index contributed by atoms with van der Waals surface area (Å²) in [5.74, 6) is -16.8. The number of hydrogen-bond donors (Lipinski definition) is 0. The van der Waals surface area contributed by atoms with E-state index in [2.05, 4.69) is 17.3 Å². The topological polar surface area (TPSA) is 60.4 Å². The van der Waals surface area contributed by atoms with Crippen molar-refractivity contribution in [3.63, 3.8) is 0 Å². The van der Waals surface area contributed by atoms with Crippen LogP contribution >= 0.6 is 0 Å². The minimum atomic E-state index is -7.45. The fourth-order valence-electron chi connectivity index (χ4n) is 3.06. The van der Waals surface area contributed by atoms with E-state index in [0.717, 1.165) is 18.2 Å². The number of allylic oxidation sites excluding steroid dienone is 4. The van der Waals surface area contributed by atoms with Crippen molar-refractivity contribution in [2.24, 2.45) is 10.8 Å². The van der Waals surface area contributed by atoms with Gasteiger partial charge < -0.3 is 4.18 Å². The summed E-state index contributed by atoms with van der Waals surface area (Å²) in [5, 5.41) is -7.04. The molecule has 4 nitrogen and oxygen atoms in total. The van der Waals surface area contributed by atoms with E-state index in [1.807, 2.05) is 0 Å². The quantitative estimate of drug-likeness (QED) is 0.228. The van der Waals surface area contributed by atoms with E-state index in [-0.39, 0.29) is 6.42 Å². The van der Waals surface area contributed by atoms with Crippen LogP contribution in [0.15, 0.2) is 37.1 Å². The van der Waals surface area contributed by atoms with E-state index in [1.54, 1.807) is 0 Å². The predicted molar refractivity (Wildman–Crippen MR) is 94.4 cm³/mol. The highest BCUT2D eigenvalue weighted by Crippen LogP contribution is 2.56. The number of rotatable bonds is 9. The zero-order valence-corrected chi connectivity index (χ0v) is 17.5. The summed E-state index contributed by atoms with van der Waals surface area (Å²) in [7, 11) is -7.19. The van der Waals surface area contributed by atoms with E-state index in [0.29, 0.717) is 0 Å². The van der Waals surface area contributed by atoms with Crippen LogP contribution in [0.2, 0.25) is 0 Å². The number of Topliss-reactive ketones (excluding diaryl/α,β-unsaturated/α-hetero) is 1. The first-order chi connectivity index (χ1) is 14.1. The van der Waals surface area contributed by atoms with Gasteiger partial charge in [-0.2, -0.15) is 47.9 Å². The van der Waals surface area contributed by atoms with Crippen molar-refractivity contribution >= 4 is 15.9 Å². The normalized spacial score (nSPS) is 19.8. The van der Waals surface area contributed by atoms with Crippen molar-refractivity contribution in [2.45, 2.75) is 56.4 Å². The van der Waals surface area contributed by atoms with Crippen LogP contribution in [0.1, 0.15) is 33.1 Å². The second-order valence-electron chi connectivity index (χ2n) is 7.87. The molecule has 0 aliphatic heterocycles. The van der Waals surface area contributed by atoms with Crippen molar-refractivity contribution in [1.82, 2.24) is 0 Å². The summed E-state index contributed by atoms with van der Waals surface area (Å²) >= 11 is 0. The Balaban J connectivity index is 3.69. The number of carbonyl (C=O) groups excluding carboxylic acids is 1. The van der Waals surface area contributed by atoms with Gasteiger partial charge in [0.1, 0.15) is 11.5 Å². The Bertz CT molecular complexity index is 905. The molecular formula is C18H19F9O4S. The number of ketones is 1. The van der Waals surface area contributed by atoms with Crippen molar-refractivity contribution < 1.29 is 56.9 Å². The van der Waals surface area contributed by atoms with Crippen LogP contribution in [0.3, 0.4) is 0 Å². The summed E-state index contributed by atoms with van der Waals surface area (Å²) < 4.78 is 147. The zero-order valence-electron chi connectivity index (χ0n) is 16.7. The Labute approximate surface area is 177 Å². The molecule has 0 spiro atoms. The molecule has 0 N–H and O–H groups in total. The Morgan fingerprint density at radius 3 is 1.78 bits per heavy atom. The maximum atomic E-state index is 14.1. The molecule has 1 aliphatic carbocycles. The van der Waals surface area contributed by atoms with Gasteiger partial charge in [-0.15, -0.1) is 13.2 Å². The largest absolute Gasteiger partial charge is 0.460 e. The van der Waals surface area contributed by atoms with Crippen LogP contribution in [-0.2, 0) is 19.1 Å². The number of carbonyl (C=O) groups is 1. The van der Waals surface area contributed by atoms with Gasteiger partial charge in [0.15, 0.2) is 0 Å². The van der Waals surface area contributed by atoms with Crippen molar-refractivity contribution in [3.05, 3.63) is 37.1 Å². The van der Waals surface area contributed by atoms with Gasteiger partial charge in [-0.25, -0.2) is 0 Å². The van der Waals surface area contributed by atoms with E-state index < -0.39 is 68.6 Å². The van der Waals surface area contributed by atoms with Crippen LogP contribution in [0.4, 0.5) is 39.5 Å². The number of hydrogen-bond acceptors (Lipinski definition) is 4. The summed E-state index contributed by atoms with van der Waals surface area (Å²) in [6.45, 7) is 9.27. The lowest BCUT2D eigenvalue weighted by atomic mass is 9.65. The molecule has 1 aliphatic rings. The highest BCUT2D eigenvalue weighted by Gasteiger charge is 2.86. The molecule has 0 aromatic carbocycles. The van der Waals surface area contributed by atoms with Crippen LogP contribution < -0.4 is 0 Å². The standard InChI is InChI=1S/C18H19F9O4S/c1-5-7-14(8-6-2)11(28)9-13(3,4)10-12(14)31-32(29,30)18(26,27)16(21,22)15(19,20)17(23,24)25/h5-6,10H,1-2,7-9H2,3-4H3. The Hall–Kier alpha value is -1.99. The molecule has 1 rings (SSSR count). The van der Waals surface area contributed by atoms with Gasteiger partial charge >= 0.3 is 33.4 Å². The molecule has 0 radical (unpaired) electrons. The Morgan fingerprint density at radius 1 is 0.969 bits per heavy atom. The van der Waals surface area contributed by atoms with Crippen LogP contribution in [0.25, 0.3) is 0 Å². The van der Waals surface area contributed by atoms with Gasteiger partial charge in [0.05, 0.1) is 5.41 Å². The molecule has 14 heteroatoms. The van der Waals surface area contributed by atoms with Gasteiger partial charge in [-0.05, 0) is 24.3 Å². The fourth-order valence-corrected chi connectivity index (χ4v) is 4.05. The van der Waals surface area contributed by atoms with Crippen molar-refractivity contribution in [2.75, 3.05) is 0 Å². The predicted octanol–water partition coefficient (Wildman–Crippen LogP) is 5.78. The Kier molecular flexibility index (Phi) is 7.10. The molecule has 0 heterocycles. The molecular weight excluding hydrogens is 483 g/mol. The van der Waals surface area contributed by atoms with E-state index in [1.165, 1.54) is 13.8 Å². The lowest BCUT2D eigenvalue weighted by Gasteiger charge is -2.41. The molecule has 32 heavy (non-hydrogen) atoms. The first-order valence-corrected chi connectivity index (χ1v) is 10.1. The van der Waals surface area contributed by atoms with Gasteiger partial charge in [0, 0.05) is 6.42 Å². The summed E-state index contributed by atoms with van der Waals surface area (Å²) in [5.41, 5.74) is -3.34. The minimum absolute atomic E-state index is 0.291. The molecule has 0 saturated heterocycles. The lowest BCUT2D eigenvalue weighted by Crippen LogP contribution is -2.63. The summed E-state index contributed by atoms with van der Waals surface area (Å²) in [6.07, 6.45) is -5.50. The fraction of sp³-hybridized carbons (Fsp3) is 0.611. The molecule has 0 saturated carbocycles. The average Bonchev–Trinajstić information content (AvgIpc) is 2.57. The number of halogens is 9. The zero-order chi connectivity index (χ0) is 25.6. The van der Waals surface area contributed by atoms with Crippen LogP contribution in [0.5, 0.6) is 0 Å². The molecule has 0 amide bonds. The van der Waals surface area contributed by atoms with E-state index in [4.69, 9.17) is 0 Å². The molecule has 0 bridgehead atoms. The molecule has 0 atom stereocenters. The third kappa shape index (κ3) is 4.29. The third-order valence-electron chi connectivity index (χ3n) is 4.76. The smallest absolute Gasteiger partial charge is 0.382 e. The Morgan fingerprint density at radius 2 is 1.41 bits per heavy atom. The van der Waals surface area contributed by atoms with Crippen molar-refractivity contribution in [3.8, 4) is 0 Å². The summed E-state index contributed by atoms with van der Waals surface area (Å²) in [4.78, 5) is 12.7. The van der Waals surface area contributed by atoms with Crippen molar-refractivity contribution in [1.29, 1.82) is 0 Å². The highest BCUT2D eigenvalue weighted by molar-refractivity contribution is 7.88. The second kappa shape index (κ2) is 8.10. The van der Waals surface area contributed by atoms with Gasteiger partial charge in [-0.1, -0.05) is 26.0 Å². The maximum absolute atomic E-state index is 14.1. The minimum Gasteiger partial charge on any atom is -0.382 e. The first-order valence-electron chi connectivity index (χ1n) is 8.69. The van der Waals surface area contributed by atoms with Gasteiger partial charge in [0.2, 0.25) is 0 Å². The molecule has 184 valence electrons. The molecule has 0 fully saturated rings. The second-order valence-corrected chi connectivity index (χ2v) is 9.45. The summed E-state index contributed by atoms with van der Waals surface area (Å²) in [6, 6.07) is 0. The molecule has 0 aromatic rings. The van der Waals surface area contributed by atoms with Crippen LogP contribution in [-0.4, -0.2) is 37.5 Å². The highest BCUT2D eigenvalue weighted by atomic mass is 32.2. The third-order valence-corrected chi connectivity index (χ3v) is 6.04. The van der Waals surface area contributed by atoms with Crippen LogP contribution in [0, 0.1) is 10.8 Å². The molecule has 0 aromatic heterocycles. The average molecular weight is 502 g/mol. The maximum Gasteiger partial charge on any atom is 0.460 e. The van der Waals surface area contributed by atoms with E-state index >= 15 is 0 Å². The molecule has 0 unspecified atom stereocenters. The number of alkyl halides is 9. The first kappa shape index (κ1) is 28.0. The monoisotopic (exact) mass is 502 g/mol. The van der Waals surface area contributed by atoms with Gasteiger partial charge in [0.25, 0.3) is 0 Å². The lowest BCUT2D eigenvalue weighted by molar-refractivity contribution is -0.382. The van der Waals surface area contributed by atoms with Gasteiger partial charge in [-0.3, -0.25) is 4.79 Å². The van der Waals surface area contributed by atoms with E-state index in [9.17, 15) is 52.7 Å². The SMILES string of the molecule is C=CCC1(CC=C)C(=O)CC(C)(C)C=C1OS(=O)(=O)C(F)(F)C(F)(F)C(F)(F)C(F)(F)F.